The fourth-order valence-electron chi connectivity index (χ4n) is 2.40. The summed E-state index contributed by atoms with van der Waals surface area (Å²) < 4.78 is 34.7. The Hall–Kier alpha value is -1.95. The molecule has 0 bridgehead atoms. The Morgan fingerprint density at radius 2 is 2.14 bits per heavy atom. The van der Waals surface area contributed by atoms with Gasteiger partial charge in [0.1, 0.15) is 5.69 Å². The van der Waals surface area contributed by atoms with Crippen LogP contribution in [0.2, 0.25) is 0 Å². The highest BCUT2D eigenvalue weighted by Gasteiger charge is 2.25. The number of aryl methyl sites for hydroxylation is 1. The van der Waals surface area contributed by atoms with E-state index in [1.165, 1.54) is 13.2 Å². The van der Waals surface area contributed by atoms with Crippen molar-refractivity contribution < 1.29 is 13.5 Å². The maximum atomic E-state index is 14.1. The van der Waals surface area contributed by atoms with Gasteiger partial charge in [-0.3, -0.25) is 4.68 Å². The first-order valence-corrected chi connectivity index (χ1v) is 6.84. The van der Waals surface area contributed by atoms with Crippen LogP contribution in [0, 0.1) is 11.6 Å². The van der Waals surface area contributed by atoms with E-state index in [0.29, 0.717) is 18.0 Å². The minimum Gasteiger partial charge on any atom is -0.493 e. The van der Waals surface area contributed by atoms with Gasteiger partial charge < -0.3 is 10.1 Å². The van der Waals surface area contributed by atoms with Gasteiger partial charge in [-0.2, -0.15) is 5.10 Å². The van der Waals surface area contributed by atoms with Crippen molar-refractivity contribution in [3.8, 4) is 5.75 Å². The van der Waals surface area contributed by atoms with Gasteiger partial charge in [-0.05, 0) is 19.5 Å². The van der Waals surface area contributed by atoms with E-state index in [1.54, 1.807) is 24.0 Å². The molecule has 0 saturated heterocycles. The zero-order valence-electron chi connectivity index (χ0n) is 12.4. The fraction of sp³-hybridized carbons (Fsp3) is 0.400. The lowest BCUT2D eigenvalue weighted by atomic mass is 10.0. The second kappa shape index (κ2) is 6.67. The summed E-state index contributed by atoms with van der Waals surface area (Å²) in [5.41, 5.74) is 0.917. The van der Waals surface area contributed by atoms with Crippen LogP contribution in [-0.4, -0.2) is 23.9 Å². The molecule has 1 atom stereocenters. The standard InChI is InChI=1S/C15H19F2N3O/c1-4-8-20-15(12(21-3)9-19-20)14(18-2)10-6-5-7-11(16)13(10)17/h5-7,9,14,18H,4,8H2,1-3H3. The van der Waals surface area contributed by atoms with E-state index >= 15 is 0 Å². The molecule has 0 aliphatic heterocycles. The van der Waals surface area contributed by atoms with Crippen molar-refractivity contribution in [2.45, 2.75) is 25.9 Å². The molecule has 6 heteroatoms. The molecular formula is C15H19F2N3O. The van der Waals surface area contributed by atoms with E-state index in [4.69, 9.17) is 4.74 Å². The molecule has 4 nitrogen and oxygen atoms in total. The van der Waals surface area contributed by atoms with Gasteiger partial charge in [-0.15, -0.1) is 0 Å². The van der Waals surface area contributed by atoms with E-state index in [2.05, 4.69) is 10.4 Å². The molecule has 114 valence electrons. The molecule has 0 radical (unpaired) electrons. The first kappa shape index (κ1) is 15.4. The smallest absolute Gasteiger partial charge is 0.163 e. The predicted molar refractivity (Wildman–Crippen MR) is 76.3 cm³/mol. The van der Waals surface area contributed by atoms with Crippen molar-refractivity contribution >= 4 is 0 Å². The van der Waals surface area contributed by atoms with Gasteiger partial charge in [0.05, 0.1) is 19.3 Å². The third-order valence-corrected chi connectivity index (χ3v) is 3.35. The molecule has 0 aliphatic carbocycles. The van der Waals surface area contributed by atoms with Crippen LogP contribution >= 0.6 is 0 Å². The van der Waals surface area contributed by atoms with Gasteiger partial charge in [0, 0.05) is 12.1 Å². The topological polar surface area (TPSA) is 39.1 Å². The lowest BCUT2D eigenvalue weighted by molar-refractivity contribution is 0.397. The minimum absolute atomic E-state index is 0.230. The average molecular weight is 295 g/mol. The molecule has 0 spiro atoms. The van der Waals surface area contributed by atoms with E-state index in [1.807, 2.05) is 6.92 Å². The summed E-state index contributed by atoms with van der Waals surface area (Å²) >= 11 is 0. The molecule has 0 amide bonds. The van der Waals surface area contributed by atoms with Crippen LogP contribution < -0.4 is 10.1 Å². The lowest BCUT2D eigenvalue weighted by Gasteiger charge is -2.20. The molecule has 21 heavy (non-hydrogen) atoms. The summed E-state index contributed by atoms with van der Waals surface area (Å²) in [4.78, 5) is 0. The highest BCUT2D eigenvalue weighted by atomic mass is 19.2. The molecule has 1 unspecified atom stereocenters. The largest absolute Gasteiger partial charge is 0.493 e. The Morgan fingerprint density at radius 1 is 1.38 bits per heavy atom. The summed E-state index contributed by atoms with van der Waals surface area (Å²) in [5.74, 6) is -1.18. The summed E-state index contributed by atoms with van der Waals surface area (Å²) in [6, 6.07) is 3.61. The van der Waals surface area contributed by atoms with Crippen LogP contribution in [0.4, 0.5) is 8.78 Å². The third kappa shape index (κ3) is 2.90. The number of methoxy groups -OCH3 is 1. The average Bonchev–Trinajstić information content (AvgIpc) is 2.88. The van der Waals surface area contributed by atoms with Gasteiger partial charge in [-0.1, -0.05) is 19.1 Å². The zero-order valence-corrected chi connectivity index (χ0v) is 12.4. The molecule has 1 heterocycles. The monoisotopic (exact) mass is 295 g/mol. The summed E-state index contributed by atoms with van der Waals surface area (Å²) in [5, 5.41) is 7.27. The zero-order chi connectivity index (χ0) is 15.4. The highest BCUT2D eigenvalue weighted by Crippen LogP contribution is 2.31. The van der Waals surface area contributed by atoms with Gasteiger partial charge >= 0.3 is 0 Å². The molecule has 1 N–H and O–H groups in total. The molecule has 1 aromatic carbocycles. The first-order valence-electron chi connectivity index (χ1n) is 6.84. The van der Waals surface area contributed by atoms with Crippen molar-refractivity contribution in [2.24, 2.45) is 0 Å². The Morgan fingerprint density at radius 3 is 2.76 bits per heavy atom. The second-order valence-electron chi connectivity index (χ2n) is 4.69. The molecule has 0 fully saturated rings. The van der Waals surface area contributed by atoms with Crippen LogP contribution in [0.3, 0.4) is 0 Å². The molecule has 2 aromatic rings. The number of benzene rings is 1. The minimum atomic E-state index is -0.867. The van der Waals surface area contributed by atoms with Crippen LogP contribution in [0.1, 0.15) is 30.6 Å². The quantitative estimate of drug-likeness (QED) is 0.890. The van der Waals surface area contributed by atoms with Crippen molar-refractivity contribution in [1.82, 2.24) is 15.1 Å². The Bertz CT molecular complexity index is 613. The Balaban J connectivity index is 2.55. The molecular weight excluding hydrogens is 276 g/mol. The highest BCUT2D eigenvalue weighted by molar-refractivity contribution is 5.37. The van der Waals surface area contributed by atoms with Crippen LogP contribution in [0.25, 0.3) is 0 Å². The molecule has 1 aromatic heterocycles. The van der Waals surface area contributed by atoms with Gasteiger partial charge in [0.25, 0.3) is 0 Å². The predicted octanol–water partition coefficient (Wildman–Crippen LogP) is 2.89. The summed E-state index contributed by atoms with van der Waals surface area (Å²) in [6.45, 7) is 2.70. The Labute approximate surface area is 122 Å². The number of ether oxygens (including phenoxy) is 1. The van der Waals surface area contributed by atoms with E-state index in [0.717, 1.165) is 12.5 Å². The van der Waals surface area contributed by atoms with Crippen molar-refractivity contribution in [2.75, 3.05) is 14.2 Å². The lowest BCUT2D eigenvalue weighted by Crippen LogP contribution is -2.23. The summed E-state index contributed by atoms with van der Waals surface area (Å²) in [6.07, 6.45) is 2.46. The van der Waals surface area contributed by atoms with E-state index in [9.17, 15) is 8.78 Å². The van der Waals surface area contributed by atoms with Crippen LogP contribution in [-0.2, 0) is 6.54 Å². The first-order chi connectivity index (χ1) is 10.1. The number of hydrogen-bond donors (Lipinski definition) is 1. The molecule has 0 aliphatic rings. The second-order valence-corrected chi connectivity index (χ2v) is 4.69. The van der Waals surface area contributed by atoms with Crippen molar-refractivity contribution in [3.05, 3.63) is 47.3 Å². The van der Waals surface area contributed by atoms with Crippen LogP contribution in [0.5, 0.6) is 5.75 Å². The van der Waals surface area contributed by atoms with Gasteiger partial charge in [-0.25, -0.2) is 8.78 Å². The number of aromatic nitrogens is 2. The molecule has 0 saturated carbocycles. The number of nitrogens with one attached hydrogen (secondary N) is 1. The van der Waals surface area contributed by atoms with E-state index < -0.39 is 17.7 Å². The SMILES string of the molecule is CCCn1ncc(OC)c1C(NC)c1cccc(F)c1F. The number of hydrogen-bond acceptors (Lipinski definition) is 3. The number of rotatable bonds is 6. The maximum absolute atomic E-state index is 14.1. The third-order valence-electron chi connectivity index (χ3n) is 3.35. The number of nitrogens with zero attached hydrogens (tertiary/aromatic N) is 2. The summed E-state index contributed by atoms with van der Waals surface area (Å²) in [7, 11) is 3.23. The maximum Gasteiger partial charge on any atom is 0.163 e. The van der Waals surface area contributed by atoms with Gasteiger partial charge in [0.2, 0.25) is 0 Å². The fourth-order valence-corrected chi connectivity index (χ4v) is 2.40. The molecule has 2 rings (SSSR count). The van der Waals surface area contributed by atoms with Gasteiger partial charge in [0.15, 0.2) is 17.4 Å². The normalized spacial score (nSPS) is 12.4. The van der Waals surface area contributed by atoms with Crippen LogP contribution in [0.15, 0.2) is 24.4 Å². The van der Waals surface area contributed by atoms with Crippen molar-refractivity contribution in [3.63, 3.8) is 0 Å². The van der Waals surface area contributed by atoms with E-state index in [-0.39, 0.29) is 5.56 Å². The number of halogens is 2. The Kier molecular flexibility index (Phi) is 4.90. The van der Waals surface area contributed by atoms with Crippen molar-refractivity contribution in [1.29, 1.82) is 0 Å².